The fraction of sp³-hybridized carbons (Fsp3) is 0. The van der Waals surface area contributed by atoms with Gasteiger partial charge in [0, 0.05) is 0 Å². The molecule has 1 aromatic rings. The lowest BCUT2D eigenvalue weighted by atomic mass is 10.3. The summed E-state index contributed by atoms with van der Waals surface area (Å²) < 4.78 is 20.6. The van der Waals surface area contributed by atoms with Crippen molar-refractivity contribution in [2.75, 3.05) is 0 Å². The van der Waals surface area contributed by atoms with E-state index in [-0.39, 0.29) is 0 Å². The molecule has 0 aliphatic rings. The highest BCUT2D eigenvalue weighted by Crippen LogP contribution is 2.28. The first kappa shape index (κ1) is 8.03. The van der Waals surface area contributed by atoms with Gasteiger partial charge in [-0.1, -0.05) is 6.07 Å². The van der Waals surface area contributed by atoms with Gasteiger partial charge < -0.3 is 14.8 Å². The predicted octanol–water partition coefficient (Wildman–Crippen LogP) is 0.336. The van der Waals surface area contributed by atoms with Gasteiger partial charge in [0.15, 0.2) is 0 Å². The number of benzene rings is 1. The Morgan fingerprint density at radius 1 is 1.27 bits per heavy atom. The number of aromatic hydroxyl groups is 2. The second-order valence-electron chi connectivity index (χ2n) is 1.86. The van der Waals surface area contributed by atoms with Gasteiger partial charge in [0.25, 0.3) is 0 Å². The van der Waals surface area contributed by atoms with Crippen LogP contribution >= 0.6 is 0 Å². The molecule has 0 spiro atoms. The van der Waals surface area contributed by atoms with Crippen LogP contribution in [0.3, 0.4) is 0 Å². The number of hydrogen-bond donors (Lipinski definition) is 2. The minimum Gasteiger partial charge on any atom is -0.768 e. The molecular formula is C6H5O4S-. The molecule has 0 bridgehead atoms. The summed E-state index contributed by atoms with van der Waals surface area (Å²) in [6, 6.07) is 3.72. The summed E-state index contributed by atoms with van der Waals surface area (Å²) in [5, 5.41) is 17.8. The lowest BCUT2D eigenvalue weighted by Crippen LogP contribution is -1.89. The van der Waals surface area contributed by atoms with Crippen LogP contribution in [0.5, 0.6) is 11.5 Å². The van der Waals surface area contributed by atoms with Crippen LogP contribution in [0.25, 0.3) is 0 Å². The van der Waals surface area contributed by atoms with Crippen molar-refractivity contribution in [1.29, 1.82) is 0 Å². The Balaban J connectivity index is 3.32. The Morgan fingerprint density at radius 3 is 2.00 bits per heavy atom. The first-order valence-electron chi connectivity index (χ1n) is 2.73. The Bertz CT molecular complexity index is 276. The van der Waals surface area contributed by atoms with Crippen LogP contribution in [0, 0.1) is 0 Å². The minimum atomic E-state index is -2.60. The van der Waals surface area contributed by atoms with E-state index in [1.54, 1.807) is 0 Å². The van der Waals surface area contributed by atoms with Crippen LogP contribution in [0.15, 0.2) is 23.1 Å². The normalized spacial score (nSPS) is 12.8. The minimum absolute atomic E-state index is 0.446. The first-order chi connectivity index (χ1) is 5.13. The molecule has 0 radical (unpaired) electrons. The van der Waals surface area contributed by atoms with E-state index < -0.39 is 27.5 Å². The number of phenolic OH excluding ortho intramolecular Hbond substituents is 2. The van der Waals surface area contributed by atoms with Crippen LogP contribution in [0.4, 0.5) is 0 Å². The summed E-state index contributed by atoms with van der Waals surface area (Å²) in [5.41, 5.74) is 0. The monoisotopic (exact) mass is 173 g/mol. The number of hydrogen-bond acceptors (Lipinski definition) is 4. The molecule has 0 heterocycles. The molecule has 11 heavy (non-hydrogen) atoms. The highest BCUT2D eigenvalue weighted by Gasteiger charge is 2.05. The average molecular weight is 173 g/mol. The molecule has 1 aromatic carbocycles. The summed E-state index contributed by atoms with van der Waals surface area (Å²) >= 11 is -2.60. The lowest BCUT2D eigenvalue weighted by molar-refractivity contribution is 0.420. The fourth-order valence-electron chi connectivity index (χ4n) is 0.684. The average Bonchev–Trinajstić information content (AvgIpc) is 1.85. The van der Waals surface area contributed by atoms with E-state index in [4.69, 9.17) is 10.2 Å². The van der Waals surface area contributed by atoms with Gasteiger partial charge in [-0.05, 0) is 23.2 Å². The molecule has 0 saturated carbocycles. The molecule has 0 aromatic heterocycles. The summed E-state index contributed by atoms with van der Waals surface area (Å²) in [7, 11) is 0. The van der Waals surface area contributed by atoms with Gasteiger partial charge in [-0.2, -0.15) is 0 Å². The summed E-state index contributed by atoms with van der Waals surface area (Å²) in [6.07, 6.45) is 0. The van der Waals surface area contributed by atoms with Gasteiger partial charge in [0.2, 0.25) is 0 Å². The van der Waals surface area contributed by atoms with Crippen LogP contribution in [-0.2, 0) is 11.1 Å². The summed E-state index contributed by atoms with van der Waals surface area (Å²) in [4.78, 5) is -0.465. The maximum Gasteiger partial charge on any atom is 0.134 e. The smallest absolute Gasteiger partial charge is 0.134 e. The van der Waals surface area contributed by atoms with Gasteiger partial charge in [0.1, 0.15) is 16.4 Å². The third kappa shape index (κ3) is 1.50. The van der Waals surface area contributed by atoms with Crippen molar-refractivity contribution in [1.82, 2.24) is 0 Å². The Kier molecular flexibility index (Phi) is 2.11. The molecule has 0 saturated heterocycles. The first-order valence-corrected chi connectivity index (χ1v) is 3.80. The van der Waals surface area contributed by atoms with Crippen molar-refractivity contribution in [2.24, 2.45) is 0 Å². The van der Waals surface area contributed by atoms with E-state index in [2.05, 4.69) is 0 Å². The molecule has 1 unspecified atom stereocenters. The van der Waals surface area contributed by atoms with E-state index in [0.717, 1.165) is 0 Å². The number of rotatable bonds is 1. The quantitative estimate of drug-likeness (QED) is 0.600. The topological polar surface area (TPSA) is 80.6 Å². The SMILES string of the molecule is O=S([O-])c1c(O)cccc1O. The zero-order chi connectivity index (χ0) is 8.43. The summed E-state index contributed by atoms with van der Waals surface area (Å²) in [6.45, 7) is 0. The van der Waals surface area contributed by atoms with Crippen molar-refractivity contribution in [3.8, 4) is 11.5 Å². The van der Waals surface area contributed by atoms with Crippen LogP contribution in [0.1, 0.15) is 0 Å². The van der Waals surface area contributed by atoms with Gasteiger partial charge >= 0.3 is 0 Å². The van der Waals surface area contributed by atoms with E-state index in [1.807, 2.05) is 0 Å². The molecular weight excluding hydrogens is 168 g/mol. The van der Waals surface area contributed by atoms with Gasteiger partial charge in [-0.25, -0.2) is 0 Å². The molecule has 0 aliphatic carbocycles. The second kappa shape index (κ2) is 2.89. The molecule has 1 rings (SSSR count). The largest absolute Gasteiger partial charge is 0.768 e. The molecule has 2 N–H and O–H groups in total. The van der Waals surface area contributed by atoms with Crippen LogP contribution in [0.2, 0.25) is 0 Å². The van der Waals surface area contributed by atoms with Crippen molar-refractivity contribution < 1.29 is 19.0 Å². The molecule has 60 valence electrons. The molecule has 1 atom stereocenters. The lowest BCUT2D eigenvalue weighted by Gasteiger charge is -2.08. The van der Waals surface area contributed by atoms with Crippen molar-refractivity contribution >= 4 is 11.1 Å². The van der Waals surface area contributed by atoms with E-state index in [9.17, 15) is 8.76 Å². The van der Waals surface area contributed by atoms with E-state index >= 15 is 0 Å². The molecule has 0 fully saturated rings. The van der Waals surface area contributed by atoms with Gasteiger partial charge in [-0.15, -0.1) is 0 Å². The molecule has 0 amide bonds. The molecule has 4 nitrogen and oxygen atoms in total. The van der Waals surface area contributed by atoms with E-state index in [1.165, 1.54) is 18.2 Å². The fourth-order valence-corrected chi connectivity index (χ4v) is 1.16. The van der Waals surface area contributed by atoms with Crippen molar-refractivity contribution in [3.05, 3.63) is 18.2 Å². The molecule has 5 heteroatoms. The van der Waals surface area contributed by atoms with Gasteiger partial charge in [-0.3, -0.25) is 4.21 Å². The Morgan fingerprint density at radius 2 is 1.73 bits per heavy atom. The highest BCUT2D eigenvalue weighted by atomic mass is 32.2. The predicted molar refractivity (Wildman–Crippen MR) is 37.0 cm³/mol. The number of phenols is 2. The third-order valence-corrected chi connectivity index (χ3v) is 1.89. The van der Waals surface area contributed by atoms with Crippen LogP contribution < -0.4 is 0 Å². The second-order valence-corrected chi connectivity index (χ2v) is 2.74. The zero-order valence-corrected chi connectivity index (χ0v) is 6.17. The Labute approximate surface area is 65.4 Å². The van der Waals surface area contributed by atoms with Crippen molar-refractivity contribution in [3.63, 3.8) is 0 Å². The zero-order valence-electron chi connectivity index (χ0n) is 5.35. The van der Waals surface area contributed by atoms with Crippen LogP contribution in [-0.4, -0.2) is 19.0 Å². The summed E-state index contributed by atoms with van der Waals surface area (Å²) in [5.74, 6) is -0.892. The Hall–Kier alpha value is -1.07. The van der Waals surface area contributed by atoms with E-state index in [0.29, 0.717) is 0 Å². The highest BCUT2D eigenvalue weighted by molar-refractivity contribution is 7.79. The molecule has 0 aliphatic heterocycles. The maximum atomic E-state index is 10.3. The van der Waals surface area contributed by atoms with Crippen molar-refractivity contribution in [2.45, 2.75) is 4.90 Å². The maximum absolute atomic E-state index is 10.3. The standard InChI is InChI=1S/C6H6O4S/c7-4-2-1-3-5(8)6(4)11(9)10/h1-3,7-8H,(H,9,10)/p-1. The third-order valence-electron chi connectivity index (χ3n) is 1.14. The van der Waals surface area contributed by atoms with Gasteiger partial charge in [0.05, 0.1) is 0 Å².